The predicted octanol–water partition coefficient (Wildman–Crippen LogP) is 4.60. The van der Waals surface area contributed by atoms with Crippen molar-refractivity contribution in [2.75, 3.05) is 0 Å². The van der Waals surface area contributed by atoms with Crippen LogP contribution in [0, 0.1) is 0 Å². The summed E-state index contributed by atoms with van der Waals surface area (Å²) in [6.45, 7) is 10.3. The molecule has 0 rings (SSSR count). The molecule has 0 aliphatic carbocycles. The van der Waals surface area contributed by atoms with Gasteiger partial charge in [-0.15, -0.1) is 0 Å². The molecule has 0 fully saturated rings. The van der Waals surface area contributed by atoms with Crippen LogP contribution in [0.3, 0.4) is 0 Å². The Labute approximate surface area is 84.9 Å². The van der Waals surface area contributed by atoms with Crippen molar-refractivity contribution in [3.05, 3.63) is 0 Å². The van der Waals surface area contributed by atoms with Crippen LogP contribution in [-0.2, 0) is 4.79 Å². The number of aldehydes is 1. The van der Waals surface area contributed by atoms with E-state index in [1.807, 2.05) is 0 Å². The molecular formula is C12H28O. The van der Waals surface area contributed by atoms with Gasteiger partial charge in [0, 0.05) is 0 Å². The number of hydrogen-bond donors (Lipinski definition) is 0. The Morgan fingerprint density at radius 3 is 0.923 bits per heavy atom. The van der Waals surface area contributed by atoms with Gasteiger partial charge in [-0.2, -0.15) is 0 Å². The number of carbonyl (C=O) groups is 1. The van der Waals surface area contributed by atoms with Gasteiger partial charge in [0.1, 0.15) is 6.29 Å². The molecule has 0 saturated carbocycles. The molecule has 0 heterocycles. The maximum absolute atomic E-state index is 8.81. The van der Waals surface area contributed by atoms with Crippen LogP contribution in [0.2, 0.25) is 0 Å². The van der Waals surface area contributed by atoms with Crippen molar-refractivity contribution in [2.24, 2.45) is 0 Å². The van der Waals surface area contributed by atoms with Crippen LogP contribution in [0.25, 0.3) is 0 Å². The lowest BCUT2D eigenvalue weighted by Gasteiger charge is -1.79. The lowest BCUT2D eigenvalue weighted by atomic mass is 10.3. The minimum Gasteiger partial charge on any atom is -0.304 e. The van der Waals surface area contributed by atoms with E-state index in [0.29, 0.717) is 0 Å². The molecule has 0 amide bonds. The smallest absolute Gasteiger partial charge is 0.116 e. The molecule has 1 nitrogen and oxygen atoms in total. The van der Waals surface area contributed by atoms with Crippen LogP contribution < -0.4 is 0 Å². The standard InChI is InChI=1S/2C5H12.C2H4O/c2*1-3-5-4-2;1-2-3/h2*3-5H2,1-2H3;2H,1H3. The van der Waals surface area contributed by atoms with E-state index < -0.39 is 0 Å². The van der Waals surface area contributed by atoms with Crippen molar-refractivity contribution in [1.82, 2.24) is 0 Å². The van der Waals surface area contributed by atoms with Gasteiger partial charge in [0.15, 0.2) is 0 Å². The molecule has 0 bridgehead atoms. The number of hydrogen-bond acceptors (Lipinski definition) is 1. The Morgan fingerprint density at radius 1 is 0.769 bits per heavy atom. The van der Waals surface area contributed by atoms with Crippen molar-refractivity contribution in [3.63, 3.8) is 0 Å². The average Bonchev–Trinajstić information content (AvgIpc) is 2.09. The third kappa shape index (κ3) is 81.0. The Hall–Kier alpha value is -0.330. The molecule has 0 aromatic rings. The fraction of sp³-hybridized carbons (Fsp3) is 0.917. The summed E-state index contributed by atoms with van der Waals surface area (Å²) in [6, 6.07) is 0. The largest absolute Gasteiger partial charge is 0.304 e. The van der Waals surface area contributed by atoms with Crippen LogP contribution in [-0.4, -0.2) is 6.29 Å². The lowest BCUT2D eigenvalue weighted by molar-refractivity contribution is -0.106. The molecule has 0 aliphatic heterocycles. The quantitative estimate of drug-likeness (QED) is 0.589. The number of rotatable bonds is 4. The van der Waals surface area contributed by atoms with E-state index in [1.165, 1.54) is 45.4 Å². The molecule has 0 N–H and O–H groups in total. The third-order valence-electron chi connectivity index (χ3n) is 1.41. The summed E-state index contributed by atoms with van der Waals surface area (Å²) in [7, 11) is 0. The second-order valence-electron chi connectivity index (χ2n) is 2.94. The van der Waals surface area contributed by atoms with Gasteiger partial charge in [-0.25, -0.2) is 0 Å². The second-order valence-corrected chi connectivity index (χ2v) is 2.94. The molecule has 0 saturated heterocycles. The SMILES string of the molecule is CC=O.CCCCC.CCCCC. The van der Waals surface area contributed by atoms with Gasteiger partial charge in [0.05, 0.1) is 0 Å². The normalized spacial score (nSPS) is 7.46. The first-order chi connectivity index (χ1) is 6.24. The lowest BCUT2D eigenvalue weighted by Crippen LogP contribution is -1.59. The van der Waals surface area contributed by atoms with Crippen molar-refractivity contribution in [1.29, 1.82) is 0 Å². The Balaban J connectivity index is -0.000000120. The molecule has 82 valence electrons. The molecule has 0 aromatic heterocycles. The Morgan fingerprint density at radius 2 is 0.923 bits per heavy atom. The summed E-state index contributed by atoms with van der Waals surface area (Å²) in [5.41, 5.74) is 0. The first-order valence-electron chi connectivity index (χ1n) is 5.64. The highest BCUT2D eigenvalue weighted by molar-refractivity contribution is 5.44. The first kappa shape index (κ1) is 18.5. The average molecular weight is 188 g/mol. The van der Waals surface area contributed by atoms with Crippen LogP contribution in [0.15, 0.2) is 0 Å². The van der Waals surface area contributed by atoms with E-state index in [2.05, 4.69) is 27.7 Å². The molecular weight excluding hydrogens is 160 g/mol. The summed E-state index contributed by atoms with van der Waals surface area (Å²) in [4.78, 5) is 8.81. The van der Waals surface area contributed by atoms with Gasteiger partial charge < -0.3 is 4.79 Å². The highest BCUT2D eigenvalue weighted by atomic mass is 16.1. The fourth-order valence-corrected chi connectivity index (χ4v) is 0.707. The molecule has 1 heteroatoms. The zero-order valence-corrected chi connectivity index (χ0v) is 10.2. The predicted molar refractivity (Wildman–Crippen MR) is 62.1 cm³/mol. The molecule has 0 aliphatic rings. The monoisotopic (exact) mass is 188 g/mol. The Bertz CT molecular complexity index is 50.1. The molecule has 0 atom stereocenters. The van der Waals surface area contributed by atoms with E-state index in [4.69, 9.17) is 4.79 Å². The van der Waals surface area contributed by atoms with Gasteiger partial charge in [-0.05, 0) is 6.92 Å². The maximum Gasteiger partial charge on any atom is 0.116 e. The van der Waals surface area contributed by atoms with Crippen molar-refractivity contribution >= 4 is 6.29 Å². The van der Waals surface area contributed by atoms with E-state index in [-0.39, 0.29) is 0 Å². The zero-order valence-electron chi connectivity index (χ0n) is 10.2. The van der Waals surface area contributed by atoms with E-state index in [9.17, 15) is 0 Å². The van der Waals surface area contributed by atoms with Gasteiger partial charge in [-0.3, -0.25) is 0 Å². The number of carbonyl (C=O) groups excluding carboxylic acids is 1. The van der Waals surface area contributed by atoms with Crippen molar-refractivity contribution in [3.8, 4) is 0 Å². The van der Waals surface area contributed by atoms with Crippen molar-refractivity contribution < 1.29 is 4.79 Å². The van der Waals surface area contributed by atoms with Gasteiger partial charge in [0.25, 0.3) is 0 Å². The van der Waals surface area contributed by atoms with E-state index in [1.54, 1.807) is 0 Å². The summed E-state index contributed by atoms with van der Waals surface area (Å²) >= 11 is 0. The number of unbranched alkanes of at least 4 members (excludes halogenated alkanes) is 4. The van der Waals surface area contributed by atoms with Gasteiger partial charge in [-0.1, -0.05) is 66.2 Å². The van der Waals surface area contributed by atoms with Crippen LogP contribution in [0.5, 0.6) is 0 Å². The first-order valence-corrected chi connectivity index (χ1v) is 5.64. The summed E-state index contributed by atoms with van der Waals surface area (Å²) in [5.74, 6) is 0. The zero-order chi connectivity index (χ0) is 10.9. The van der Waals surface area contributed by atoms with Crippen LogP contribution >= 0.6 is 0 Å². The minimum absolute atomic E-state index is 0.750. The van der Waals surface area contributed by atoms with Crippen LogP contribution in [0.1, 0.15) is 73.1 Å². The highest BCUT2D eigenvalue weighted by Crippen LogP contribution is 1.88. The molecule has 0 radical (unpaired) electrons. The molecule has 0 spiro atoms. The summed E-state index contributed by atoms with van der Waals surface area (Å²) in [5, 5.41) is 0. The summed E-state index contributed by atoms with van der Waals surface area (Å²) in [6.07, 6.45) is 8.90. The third-order valence-corrected chi connectivity index (χ3v) is 1.41. The van der Waals surface area contributed by atoms with Crippen LogP contribution in [0.4, 0.5) is 0 Å². The van der Waals surface area contributed by atoms with E-state index >= 15 is 0 Å². The summed E-state index contributed by atoms with van der Waals surface area (Å²) < 4.78 is 0. The Kier molecular flexibility index (Phi) is 42.4. The van der Waals surface area contributed by atoms with Crippen molar-refractivity contribution in [2.45, 2.75) is 73.1 Å². The molecule has 0 aromatic carbocycles. The highest BCUT2D eigenvalue weighted by Gasteiger charge is 1.68. The van der Waals surface area contributed by atoms with Gasteiger partial charge >= 0.3 is 0 Å². The minimum atomic E-state index is 0.750. The molecule has 13 heavy (non-hydrogen) atoms. The fourth-order valence-electron chi connectivity index (χ4n) is 0.707. The topological polar surface area (TPSA) is 17.1 Å². The van der Waals surface area contributed by atoms with E-state index in [0.717, 1.165) is 6.29 Å². The van der Waals surface area contributed by atoms with Gasteiger partial charge in [0.2, 0.25) is 0 Å². The maximum atomic E-state index is 8.81. The molecule has 0 unspecified atom stereocenters. The second kappa shape index (κ2) is 29.9.